The van der Waals surface area contributed by atoms with Crippen LogP contribution in [0.1, 0.15) is 13.3 Å². The topological polar surface area (TPSA) is 38.3 Å². The van der Waals surface area contributed by atoms with Gasteiger partial charge in [-0.05, 0) is 13.5 Å². The number of methoxy groups -OCH3 is 1. The Morgan fingerprint density at radius 1 is 1.58 bits per heavy atom. The molecule has 0 aliphatic heterocycles. The quantitative estimate of drug-likeness (QED) is 0.663. The molecule has 0 saturated carbocycles. The fourth-order valence-corrected chi connectivity index (χ4v) is 2.41. The van der Waals surface area contributed by atoms with E-state index >= 15 is 0 Å². The first kappa shape index (κ1) is 12.1. The monoisotopic (exact) mass is 193 g/mol. The Labute approximate surface area is 77.3 Å². The summed E-state index contributed by atoms with van der Waals surface area (Å²) < 4.78 is 16.4. The van der Waals surface area contributed by atoms with Crippen LogP contribution in [0.2, 0.25) is 0 Å². The normalized spacial score (nSPS) is 18.7. The molecule has 0 radical (unpaired) electrons. The van der Waals surface area contributed by atoms with Crippen LogP contribution in [0.5, 0.6) is 0 Å². The lowest BCUT2D eigenvalue weighted by atomic mass is 10.0. The average molecular weight is 193 g/mol. The number of likely N-dealkylation sites (N-methyl/N-ethyl adjacent to an activating group) is 1. The van der Waals surface area contributed by atoms with Crippen LogP contribution in [0.3, 0.4) is 0 Å². The van der Waals surface area contributed by atoms with Crippen molar-refractivity contribution in [3.8, 4) is 0 Å². The number of hydrogen-bond acceptors (Lipinski definition) is 3. The van der Waals surface area contributed by atoms with E-state index in [1.165, 1.54) is 0 Å². The summed E-state index contributed by atoms with van der Waals surface area (Å²) in [5.41, 5.74) is -0.256. The minimum absolute atomic E-state index is 0.256. The molecule has 12 heavy (non-hydrogen) atoms. The minimum Gasteiger partial charge on any atom is -0.376 e. The van der Waals surface area contributed by atoms with Crippen molar-refractivity contribution in [3.05, 3.63) is 0 Å². The lowest BCUT2D eigenvalue weighted by Gasteiger charge is -2.30. The first-order valence-corrected chi connectivity index (χ1v) is 5.82. The summed E-state index contributed by atoms with van der Waals surface area (Å²) in [6, 6.07) is 0. The second-order valence-corrected chi connectivity index (χ2v) is 4.42. The molecular weight excluding hydrogens is 174 g/mol. The van der Waals surface area contributed by atoms with Gasteiger partial charge >= 0.3 is 0 Å². The molecule has 4 heteroatoms. The van der Waals surface area contributed by atoms with Crippen molar-refractivity contribution in [1.29, 1.82) is 0 Å². The van der Waals surface area contributed by atoms with Gasteiger partial charge in [0.05, 0.1) is 11.4 Å². The molecule has 0 saturated heterocycles. The Hall–Kier alpha value is 0.0700. The standard InChI is InChI=1S/C8H19NO2S/c1-5-8(11-3,6-9-2)7-12(4)10/h9H,5-7H2,1-4H3. The first-order valence-electron chi connectivity index (χ1n) is 4.10. The van der Waals surface area contributed by atoms with Crippen LogP contribution in [0.25, 0.3) is 0 Å². The van der Waals surface area contributed by atoms with Crippen molar-refractivity contribution < 1.29 is 8.95 Å². The molecule has 0 rings (SSSR count). The molecule has 0 aromatic carbocycles. The largest absolute Gasteiger partial charge is 0.376 e. The SMILES string of the molecule is CCC(CNC)(CS(C)=O)OC. The Bertz CT molecular complexity index is 146. The van der Waals surface area contributed by atoms with Crippen molar-refractivity contribution in [2.75, 3.05) is 32.7 Å². The summed E-state index contributed by atoms with van der Waals surface area (Å²) in [6.45, 7) is 2.80. The molecule has 3 nitrogen and oxygen atoms in total. The molecule has 0 heterocycles. The van der Waals surface area contributed by atoms with E-state index in [1.807, 2.05) is 14.0 Å². The second kappa shape index (κ2) is 5.67. The summed E-state index contributed by atoms with van der Waals surface area (Å²) >= 11 is 0. The van der Waals surface area contributed by atoms with Gasteiger partial charge in [-0.1, -0.05) is 6.92 Å². The molecule has 0 aliphatic carbocycles. The zero-order valence-electron chi connectivity index (χ0n) is 8.35. The van der Waals surface area contributed by atoms with Gasteiger partial charge in [0, 0.05) is 30.7 Å². The third-order valence-electron chi connectivity index (χ3n) is 2.04. The van der Waals surface area contributed by atoms with Gasteiger partial charge in [0.15, 0.2) is 0 Å². The number of ether oxygens (including phenoxy) is 1. The highest BCUT2D eigenvalue weighted by molar-refractivity contribution is 7.84. The van der Waals surface area contributed by atoms with Crippen molar-refractivity contribution in [3.63, 3.8) is 0 Å². The molecule has 2 unspecified atom stereocenters. The fourth-order valence-electron chi connectivity index (χ4n) is 1.25. The summed E-state index contributed by atoms with van der Waals surface area (Å²) in [5, 5.41) is 3.06. The zero-order valence-corrected chi connectivity index (χ0v) is 9.16. The van der Waals surface area contributed by atoms with Crippen LogP contribution in [0.15, 0.2) is 0 Å². The van der Waals surface area contributed by atoms with Gasteiger partial charge in [0.1, 0.15) is 0 Å². The van der Waals surface area contributed by atoms with Gasteiger partial charge in [-0.25, -0.2) is 0 Å². The Morgan fingerprint density at radius 2 is 2.17 bits per heavy atom. The molecular formula is C8H19NO2S. The molecule has 0 spiro atoms. The van der Waals surface area contributed by atoms with Crippen LogP contribution >= 0.6 is 0 Å². The summed E-state index contributed by atoms with van der Waals surface area (Å²) in [4.78, 5) is 0. The van der Waals surface area contributed by atoms with E-state index in [1.54, 1.807) is 13.4 Å². The molecule has 0 amide bonds. The van der Waals surface area contributed by atoms with Crippen molar-refractivity contribution in [2.45, 2.75) is 18.9 Å². The van der Waals surface area contributed by atoms with E-state index < -0.39 is 10.8 Å². The minimum atomic E-state index is -0.801. The maximum atomic E-state index is 11.1. The van der Waals surface area contributed by atoms with E-state index in [0.29, 0.717) is 5.75 Å². The molecule has 74 valence electrons. The van der Waals surface area contributed by atoms with Gasteiger partial charge in [-0.15, -0.1) is 0 Å². The van der Waals surface area contributed by atoms with Crippen LogP contribution in [0.4, 0.5) is 0 Å². The molecule has 1 N–H and O–H groups in total. The second-order valence-electron chi connectivity index (χ2n) is 2.99. The maximum Gasteiger partial charge on any atom is 0.0914 e. The van der Waals surface area contributed by atoms with Crippen LogP contribution in [-0.4, -0.2) is 42.5 Å². The van der Waals surface area contributed by atoms with Gasteiger partial charge in [0.25, 0.3) is 0 Å². The van der Waals surface area contributed by atoms with E-state index in [-0.39, 0.29) is 5.60 Å². The molecule has 0 aromatic heterocycles. The lowest BCUT2D eigenvalue weighted by molar-refractivity contribution is 0.00887. The highest BCUT2D eigenvalue weighted by Crippen LogP contribution is 2.14. The maximum absolute atomic E-state index is 11.1. The van der Waals surface area contributed by atoms with Crippen LogP contribution in [-0.2, 0) is 15.5 Å². The predicted molar refractivity (Wildman–Crippen MR) is 52.9 cm³/mol. The highest BCUT2D eigenvalue weighted by Gasteiger charge is 2.28. The zero-order chi connectivity index (χ0) is 9.61. The van der Waals surface area contributed by atoms with E-state index in [9.17, 15) is 4.21 Å². The number of rotatable bonds is 6. The fraction of sp³-hybridized carbons (Fsp3) is 1.00. The van der Waals surface area contributed by atoms with E-state index in [2.05, 4.69) is 5.32 Å². The van der Waals surface area contributed by atoms with Gasteiger partial charge in [-0.2, -0.15) is 0 Å². The molecule has 0 bridgehead atoms. The highest BCUT2D eigenvalue weighted by atomic mass is 32.2. The van der Waals surface area contributed by atoms with Gasteiger partial charge in [0.2, 0.25) is 0 Å². The Kier molecular flexibility index (Phi) is 5.70. The van der Waals surface area contributed by atoms with Gasteiger partial charge < -0.3 is 10.1 Å². The Balaban J connectivity index is 4.23. The predicted octanol–water partition coefficient (Wildman–Crippen LogP) is 0.380. The average Bonchev–Trinajstić information content (AvgIpc) is 2.03. The third kappa shape index (κ3) is 3.65. The van der Waals surface area contributed by atoms with E-state index in [4.69, 9.17) is 4.74 Å². The van der Waals surface area contributed by atoms with Crippen LogP contribution < -0.4 is 5.32 Å². The van der Waals surface area contributed by atoms with Gasteiger partial charge in [-0.3, -0.25) is 4.21 Å². The first-order chi connectivity index (χ1) is 5.60. The summed E-state index contributed by atoms with van der Waals surface area (Å²) in [7, 11) is 2.75. The molecule has 0 aliphatic rings. The van der Waals surface area contributed by atoms with Crippen molar-refractivity contribution in [2.24, 2.45) is 0 Å². The van der Waals surface area contributed by atoms with Crippen LogP contribution in [0, 0.1) is 0 Å². The van der Waals surface area contributed by atoms with E-state index in [0.717, 1.165) is 13.0 Å². The van der Waals surface area contributed by atoms with Crippen molar-refractivity contribution >= 4 is 10.8 Å². The third-order valence-corrected chi connectivity index (χ3v) is 2.98. The summed E-state index contributed by atoms with van der Waals surface area (Å²) in [6.07, 6.45) is 2.59. The molecule has 0 aromatic rings. The smallest absolute Gasteiger partial charge is 0.0914 e. The van der Waals surface area contributed by atoms with Crippen molar-refractivity contribution in [1.82, 2.24) is 5.32 Å². The molecule has 0 fully saturated rings. The summed E-state index contributed by atoms with van der Waals surface area (Å²) in [5.74, 6) is 0.598. The lowest BCUT2D eigenvalue weighted by Crippen LogP contribution is -2.45. The number of nitrogens with one attached hydrogen (secondary N) is 1. The Morgan fingerprint density at radius 3 is 2.42 bits per heavy atom. The molecule has 2 atom stereocenters. The number of hydrogen-bond donors (Lipinski definition) is 1.